The van der Waals surface area contributed by atoms with E-state index in [1.54, 1.807) is 6.92 Å². The van der Waals surface area contributed by atoms with Crippen LogP contribution >= 0.6 is 0 Å². The van der Waals surface area contributed by atoms with E-state index in [0.29, 0.717) is 0 Å². The second-order valence-corrected chi connectivity index (χ2v) is 7.08. The number of carbonyl (C=O) groups is 1. The van der Waals surface area contributed by atoms with Gasteiger partial charge in [0.15, 0.2) is 5.78 Å². The molecular weight excluding hydrogens is 298 g/mol. The van der Waals surface area contributed by atoms with Gasteiger partial charge in [0.2, 0.25) is 0 Å². The fourth-order valence-electron chi connectivity index (χ4n) is 3.24. The van der Waals surface area contributed by atoms with Crippen molar-refractivity contribution in [3.05, 3.63) is 65.2 Å². The van der Waals surface area contributed by atoms with Crippen LogP contribution < -0.4 is 4.74 Å². The molecule has 2 aromatic rings. The molecule has 0 aromatic heterocycles. The summed E-state index contributed by atoms with van der Waals surface area (Å²) in [4.78, 5) is 13.8. The molecule has 0 bridgehead atoms. The summed E-state index contributed by atoms with van der Waals surface area (Å²) < 4.78 is 6.23. The molecule has 1 unspecified atom stereocenters. The minimum Gasteiger partial charge on any atom is -0.486 e. The summed E-state index contributed by atoms with van der Waals surface area (Å²) in [6, 6.07) is 16.2. The molecule has 3 rings (SSSR count). The van der Waals surface area contributed by atoms with E-state index in [0.717, 1.165) is 37.4 Å². The Labute approximate surface area is 144 Å². The van der Waals surface area contributed by atoms with Gasteiger partial charge in [-0.05, 0) is 50.6 Å². The fourth-order valence-corrected chi connectivity index (χ4v) is 3.24. The largest absolute Gasteiger partial charge is 0.486 e. The van der Waals surface area contributed by atoms with Crippen LogP contribution in [0.15, 0.2) is 48.5 Å². The van der Waals surface area contributed by atoms with Gasteiger partial charge in [-0.15, -0.1) is 0 Å². The van der Waals surface area contributed by atoms with Crippen molar-refractivity contribution in [1.82, 2.24) is 4.90 Å². The molecule has 0 spiro atoms. The van der Waals surface area contributed by atoms with E-state index in [1.165, 1.54) is 11.1 Å². The van der Waals surface area contributed by atoms with Crippen molar-refractivity contribution >= 4 is 5.78 Å². The molecule has 0 radical (unpaired) electrons. The summed E-state index contributed by atoms with van der Waals surface area (Å²) in [5, 5.41) is 0. The monoisotopic (exact) mass is 323 g/mol. The van der Waals surface area contributed by atoms with Gasteiger partial charge in [-0.25, -0.2) is 0 Å². The highest BCUT2D eigenvalue weighted by molar-refractivity contribution is 5.94. The zero-order valence-corrected chi connectivity index (χ0v) is 14.7. The Morgan fingerprint density at radius 3 is 2.42 bits per heavy atom. The summed E-state index contributed by atoms with van der Waals surface area (Å²) in [6.07, 6.45) is 1.01. The molecule has 1 heterocycles. The maximum Gasteiger partial charge on any atom is 0.159 e. The first-order valence-corrected chi connectivity index (χ1v) is 8.51. The van der Waals surface area contributed by atoms with Crippen LogP contribution in [0.3, 0.4) is 0 Å². The van der Waals surface area contributed by atoms with E-state index in [9.17, 15) is 4.79 Å². The predicted octanol–water partition coefficient (Wildman–Crippen LogP) is 4.24. The SMILES string of the molecule is CC(=O)c1ccc(OC2(C)CCN(Cc3ccc(C)cc3)C2)cc1. The molecule has 3 heteroatoms. The van der Waals surface area contributed by atoms with Gasteiger partial charge >= 0.3 is 0 Å². The number of hydrogen-bond donors (Lipinski definition) is 0. The van der Waals surface area contributed by atoms with E-state index in [-0.39, 0.29) is 11.4 Å². The summed E-state index contributed by atoms with van der Waals surface area (Å²) in [5.74, 6) is 0.914. The lowest BCUT2D eigenvalue weighted by molar-refractivity contribution is 0.0950. The van der Waals surface area contributed by atoms with Crippen LogP contribution in [0, 0.1) is 6.92 Å². The number of aryl methyl sites for hydroxylation is 1. The van der Waals surface area contributed by atoms with Gasteiger partial charge in [-0.1, -0.05) is 29.8 Å². The first kappa shape index (κ1) is 16.7. The predicted molar refractivity (Wildman–Crippen MR) is 96.6 cm³/mol. The number of likely N-dealkylation sites (tertiary alicyclic amines) is 1. The van der Waals surface area contributed by atoms with Crippen molar-refractivity contribution in [2.45, 2.75) is 39.3 Å². The average Bonchev–Trinajstić information content (AvgIpc) is 2.91. The number of ether oxygens (including phenoxy) is 1. The molecule has 126 valence electrons. The maximum atomic E-state index is 11.4. The molecule has 0 saturated carbocycles. The van der Waals surface area contributed by atoms with E-state index in [2.05, 4.69) is 43.0 Å². The van der Waals surface area contributed by atoms with Gasteiger partial charge < -0.3 is 4.74 Å². The number of carbonyl (C=O) groups excluding carboxylic acids is 1. The van der Waals surface area contributed by atoms with E-state index in [1.807, 2.05) is 24.3 Å². The Kier molecular flexibility index (Phi) is 4.72. The number of ketones is 1. The van der Waals surface area contributed by atoms with Crippen LogP contribution in [0.25, 0.3) is 0 Å². The number of rotatable bonds is 5. The Balaban J connectivity index is 1.60. The number of hydrogen-bond acceptors (Lipinski definition) is 3. The summed E-state index contributed by atoms with van der Waals surface area (Å²) in [6.45, 7) is 8.77. The second-order valence-electron chi connectivity index (χ2n) is 7.08. The topological polar surface area (TPSA) is 29.5 Å². The van der Waals surface area contributed by atoms with E-state index in [4.69, 9.17) is 4.74 Å². The first-order chi connectivity index (χ1) is 11.4. The van der Waals surface area contributed by atoms with Crippen molar-refractivity contribution in [3.63, 3.8) is 0 Å². The molecule has 0 N–H and O–H groups in total. The van der Waals surface area contributed by atoms with Crippen LogP contribution in [0.1, 0.15) is 41.8 Å². The van der Waals surface area contributed by atoms with Gasteiger partial charge in [0.1, 0.15) is 11.4 Å². The third-order valence-electron chi connectivity index (χ3n) is 4.67. The smallest absolute Gasteiger partial charge is 0.159 e. The molecule has 1 aliphatic rings. The molecule has 3 nitrogen and oxygen atoms in total. The zero-order valence-electron chi connectivity index (χ0n) is 14.7. The lowest BCUT2D eigenvalue weighted by Crippen LogP contribution is -2.35. The van der Waals surface area contributed by atoms with Crippen LogP contribution in [-0.4, -0.2) is 29.4 Å². The Morgan fingerprint density at radius 1 is 1.12 bits per heavy atom. The van der Waals surface area contributed by atoms with Gasteiger partial charge in [-0.2, -0.15) is 0 Å². The van der Waals surface area contributed by atoms with Crippen molar-refractivity contribution in [2.24, 2.45) is 0 Å². The Morgan fingerprint density at radius 2 is 1.79 bits per heavy atom. The normalized spacial score (nSPS) is 21.0. The molecule has 1 aliphatic heterocycles. The molecule has 1 atom stereocenters. The van der Waals surface area contributed by atoms with Gasteiger partial charge in [-0.3, -0.25) is 9.69 Å². The highest BCUT2D eigenvalue weighted by Crippen LogP contribution is 2.29. The third kappa shape index (κ3) is 4.04. The molecular formula is C21H25NO2. The molecule has 1 saturated heterocycles. The fraction of sp³-hybridized carbons (Fsp3) is 0.381. The van der Waals surface area contributed by atoms with Crippen molar-refractivity contribution < 1.29 is 9.53 Å². The van der Waals surface area contributed by atoms with Gasteiger partial charge in [0.25, 0.3) is 0 Å². The van der Waals surface area contributed by atoms with E-state index < -0.39 is 0 Å². The maximum absolute atomic E-state index is 11.4. The highest BCUT2D eigenvalue weighted by Gasteiger charge is 2.35. The van der Waals surface area contributed by atoms with Crippen molar-refractivity contribution in [3.8, 4) is 5.75 Å². The highest BCUT2D eigenvalue weighted by atomic mass is 16.5. The van der Waals surface area contributed by atoms with Crippen LogP contribution in [0.5, 0.6) is 5.75 Å². The van der Waals surface area contributed by atoms with Gasteiger partial charge in [0.05, 0.1) is 0 Å². The lowest BCUT2D eigenvalue weighted by Gasteiger charge is -2.26. The van der Waals surface area contributed by atoms with Crippen LogP contribution in [-0.2, 0) is 6.54 Å². The van der Waals surface area contributed by atoms with E-state index >= 15 is 0 Å². The van der Waals surface area contributed by atoms with Crippen molar-refractivity contribution in [2.75, 3.05) is 13.1 Å². The van der Waals surface area contributed by atoms with Crippen molar-refractivity contribution in [1.29, 1.82) is 0 Å². The number of Topliss-reactive ketones (excluding diaryl/α,β-unsaturated/α-hetero) is 1. The molecule has 2 aromatic carbocycles. The van der Waals surface area contributed by atoms with Crippen LogP contribution in [0.2, 0.25) is 0 Å². The number of nitrogens with zero attached hydrogens (tertiary/aromatic N) is 1. The molecule has 0 aliphatic carbocycles. The minimum atomic E-state index is -0.178. The van der Waals surface area contributed by atoms with Gasteiger partial charge in [0, 0.05) is 31.6 Å². The number of benzene rings is 2. The first-order valence-electron chi connectivity index (χ1n) is 8.51. The summed E-state index contributed by atoms with van der Waals surface area (Å²) >= 11 is 0. The zero-order chi connectivity index (χ0) is 17.2. The minimum absolute atomic E-state index is 0.0814. The molecule has 24 heavy (non-hydrogen) atoms. The molecule has 1 fully saturated rings. The lowest BCUT2D eigenvalue weighted by atomic mass is 10.1. The quantitative estimate of drug-likeness (QED) is 0.771. The Hall–Kier alpha value is -2.13. The Bertz CT molecular complexity index is 706. The summed E-state index contributed by atoms with van der Waals surface area (Å²) in [5.41, 5.74) is 3.18. The second kappa shape index (κ2) is 6.78. The standard InChI is InChI=1S/C21H25NO2/c1-16-4-6-18(7-5-16)14-22-13-12-21(3,15-22)24-20-10-8-19(9-11-20)17(2)23/h4-11H,12-15H2,1-3H3. The average molecular weight is 323 g/mol. The summed E-state index contributed by atoms with van der Waals surface area (Å²) in [7, 11) is 0. The third-order valence-corrected chi connectivity index (χ3v) is 4.67. The molecule has 0 amide bonds. The van der Waals surface area contributed by atoms with Crippen LogP contribution in [0.4, 0.5) is 0 Å².